The summed E-state index contributed by atoms with van der Waals surface area (Å²) in [5, 5.41) is 23.1. The van der Waals surface area contributed by atoms with Gasteiger partial charge in [0.15, 0.2) is 0 Å². The van der Waals surface area contributed by atoms with E-state index in [0.29, 0.717) is 11.3 Å². The second kappa shape index (κ2) is 8.22. The van der Waals surface area contributed by atoms with Crippen LogP contribution in [0.15, 0.2) is 72.8 Å². The van der Waals surface area contributed by atoms with Crippen molar-refractivity contribution < 1.29 is 23.8 Å². The maximum atomic E-state index is 13.3. The molecule has 1 fully saturated rings. The Bertz CT molecular complexity index is 1020. The predicted octanol–water partition coefficient (Wildman–Crippen LogP) is 3.45. The van der Waals surface area contributed by atoms with Crippen molar-refractivity contribution in [3.05, 3.63) is 95.6 Å². The van der Waals surface area contributed by atoms with Gasteiger partial charge in [-0.1, -0.05) is 24.3 Å². The Hall–Kier alpha value is -3.29. The summed E-state index contributed by atoms with van der Waals surface area (Å²) in [6, 6.07) is 16.6. The fraction of sp³-hybridized carbons (Fsp3) is 0.174. The molecule has 7 heteroatoms. The largest absolute Gasteiger partial charge is 0.508 e. The third-order valence-corrected chi connectivity index (χ3v) is 5.22. The molecule has 0 saturated carbocycles. The van der Waals surface area contributed by atoms with Crippen LogP contribution < -0.4 is 10.2 Å². The Labute approximate surface area is 172 Å². The number of phenolic OH excluding ortho intramolecular Hbond substituents is 1. The summed E-state index contributed by atoms with van der Waals surface area (Å²) in [5.74, 6) is -0.902. The summed E-state index contributed by atoms with van der Waals surface area (Å²) in [6.07, 6.45) is -0.918. The molecule has 0 aromatic heterocycles. The number of halogens is 2. The van der Waals surface area contributed by atoms with E-state index in [-0.39, 0.29) is 18.2 Å². The number of aliphatic hydroxyl groups excluding tert-OH is 1. The quantitative estimate of drug-likeness (QED) is 0.545. The molecule has 1 amide bonds. The molecular formula is C23H20F2N2O3. The molecule has 0 spiro atoms. The normalized spacial score (nSPS) is 19.4. The monoisotopic (exact) mass is 410 g/mol. The van der Waals surface area contributed by atoms with Crippen molar-refractivity contribution in [1.82, 2.24) is 5.32 Å². The second-order valence-corrected chi connectivity index (χ2v) is 7.17. The van der Waals surface area contributed by atoms with Crippen molar-refractivity contribution in [2.45, 2.75) is 18.2 Å². The highest BCUT2D eigenvalue weighted by Gasteiger charge is 2.48. The van der Waals surface area contributed by atoms with Gasteiger partial charge < -0.3 is 20.4 Å². The molecule has 3 N–H and O–H groups in total. The van der Waals surface area contributed by atoms with Crippen LogP contribution in [-0.4, -0.2) is 28.7 Å². The highest BCUT2D eigenvalue weighted by atomic mass is 19.1. The summed E-state index contributed by atoms with van der Waals surface area (Å²) in [4.78, 5) is 14.4. The van der Waals surface area contributed by atoms with Crippen molar-refractivity contribution in [3.8, 4) is 5.75 Å². The number of phenols is 1. The number of aliphatic hydroxyl groups is 1. The number of hydrogen-bond donors (Lipinski definition) is 3. The Morgan fingerprint density at radius 3 is 2.07 bits per heavy atom. The molecule has 154 valence electrons. The fourth-order valence-electron chi connectivity index (χ4n) is 3.63. The number of hydrogen-bond acceptors (Lipinski definition) is 4. The van der Waals surface area contributed by atoms with Crippen molar-refractivity contribution >= 4 is 11.6 Å². The molecule has 1 unspecified atom stereocenters. The molecule has 3 aromatic rings. The minimum Gasteiger partial charge on any atom is -0.508 e. The molecule has 1 aliphatic heterocycles. The van der Waals surface area contributed by atoms with Gasteiger partial charge in [-0.05, 0) is 59.7 Å². The molecule has 5 nitrogen and oxygen atoms in total. The van der Waals surface area contributed by atoms with Gasteiger partial charge in [0.2, 0.25) is 5.91 Å². The maximum absolute atomic E-state index is 13.3. The number of benzene rings is 3. The SMILES string of the molecule is O=C1[C@H](NCC(O)c2ccc(F)cc2)[C@@H](c2ccc(O)cc2)N1c1ccc(F)cc1. The first kappa shape index (κ1) is 20.0. The van der Waals surface area contributed by atoms with E-state index in [2.05, 4.69) is 5.32 Å². The first-order valence-corrected chi connectivity index (χ1v) is 9.48. The zero-order valence-corrected chi connectivity index (χ0v) is 15.9. The van der Waals surface area contributed by atoms with Crippen LogP contribution in [0.5, 0.6) is 5.75 Å². The molecule has 4 rings (SSSR count). The van der Waals surface area contributed by atoms with Gasteiger partial charge in [0.25, 0.3) is 0 Å². The van der Waals surface area contributed by atoms with Gasteiger partial charge in [0.1, 0.15) is 23.4 Å². The summed E-state index contributed by atoms with van der Waals surface area (Å²) in [6.45, 7) is 0.0912. The number of β-lactam (4-membered cyclic amide) rings is 1. The maximum Gasteiger partial charge on any atom is 0.247 e. The molecule has 0 radical (unpaired) electrons. The van der Waals surface area contributed by atoms with E-state index in [4.69, 9.17) is 0 Å². The van der Waals surface area contributed by atoms with E-state index in [1.54, 1.807) is 17.0 Å². The molecule has 0 bridgehead atoms. The summed E-state index contributed by atoms with van der Waals surface area (Å²) < 4.78 is 26.4. The van der Waals surface area contributed by atoms with Crippen LogP contribution >= 0.6 is 0 Å². The van der Waals surface area contributed by atoms with Gasteiger partial charge in [0.05, 0.1) is 12.1 Å². The zero-order chi connectivity index (χ0) is 21.3. The predicted molar refractivity (Wildman–Crippen MR) is 108 cm³/mol. The minimum atomic E-state index is -0.918. The third-order valence-electron chi connectivity index (χ3n) is 5.22. The average Bonchev–Trinajstić information content (AvgIpc) is 2.74. The summed E-state index contributed by atoms with van der Waals surface area (Å²) in [7, 11) is 0. The smallest absolute Gasteiger partial charge is 0.247 e. The van der Waals surface area contributed by atoms with Crippen LogP contribution in [0.25, 0.3) is 0 Å². The standard InChI is InChI=1S/C23H20F2N2O3/c24-16-5-1-14(2-6-16)20(29)13-26-21-22(15-3-11-19(28)12-4-15)27(23(21)30)18-9-7-17(25)8-10-18/h1-12,20-22,26,28-29H,13H2/t20?,21-,22-/m1/s1. The number of amides is 1. The van der Waals surface area contributed by atoms with Gasteiger partial charge >= 0.3 is 0 Å². The van der Waals surface area contributed by atoms with Gasteiger partial charge in [-0.3, -0.25) is 4.79 Å². The number of anilines is 1. The first-order valence-electron chi connectivity index (χ1n) is 9.48. The van der Waals surface area contributed by atoms with Gasteiger partial charge in [-0.15, -0.1) is 0 Å². The molecule has 3 atom stereocenters. The Balaban J connectivity index is 1.55. The number of aromatic hydroxyl groups is 1. The fourth-order valence-corrected chi connectivity index (χ4v) is 3.63. The van der Waals surface area contributed by atoms with Crippen LogP contribution in [0.4, 0.5) is 14.5 Å². The lowest BCUT2D eigenvalue weighted by atomic mass is 9.87. The minimum absolute atomic E-state index is 0.0912. The molecule has 3 aromatic carbocycles. The first-order chi connectivity index (χ1) is 14.4. The zero-order valence-electron chi connectivity index (χ0n) is 15.9. The van der Waals surface area contributed by atoms with Crippen LogP contribution in [0, 0.1) is 11.6 Å². The molecule has 30 heavy (non-hydrogen) atoms. The highest BCUT2D eigenvalue weighted by Crippen LogP contribution is 2.39. The molecule has 0 aliphatic carbocycles. The van der Waals surface area contributed by atoms with Gasteiger partial charge in [-0.25, -0.2) is 8.78 Å². The molecular weight excluding hydrogens is 390 g/mol. The topological polar surface area (TPSA) is 72.8 Å². The number of rotatable bonds is 6. The number of nitrogens with zero attached hydrogens (tertiary/aromatic N) is 1. The Morgan fingerprint density at radius 1 is 0.900 bits per heavy atom. The Kier molecular flexibility index (Phi) is 5.48. The average molecular weight is 410 g/mol. The van der Waals surface area contributed by atoms with E-state index in [1.807, 2.05) is 0 Å². The second-order valence-electron chi connectivity index (χ2n) is 7.17. The highest BCUT2D eigenvalue weighted by molar-refractivity contribution is 6.05. The number of nitrogens with one attached hydrogen (secondary N) is 1. The van der Waals surface area contributed by atoms with Crippen LogP contribution in [-0.2, 0) is 4.79 Å². The van der Waals surface area contributed by atoms with Gasteiger partial charge in [0, 0.05) is 12.2 Å². The van der Waals surface area contributed by atoms with Crippen LogP contribution in [0.3, 0.4) is 0 Å². The van der Waals surface area contributed by atoms with E-state index in [1.165, 1.54) is 60.7 Å². The lowest BCUT2D eigenvalue weighted by molar-refractivity contribution is -0.127. The van der Waals surface area contributed by atoms with Crippen molar-refractivity contribution in [2.24, 2.45) is 0 Å². The van der Waals surface area contributed by atoms with Crippen molar-refractivity contribution in [3.63, 3.8) is 0 Å². The van der Waals surface area contributed by atoms with Crippen LogP contribution in [0.2, 0.25) is 0 Å². The van der Waals surface area contributed by atoms with Gasteiger partial charge in [-0.2, -0.15) is 0 Å². The number of carbonyl (C=O) groups is 1. The van der Waals surface area contributed by atoms with E-state index in [0.717, 1.165) is 5.56 Å². The third kappa shape index (κ3) is 3.90. The lowest BCUT2D eigenvalue weighted by Crippen LogP contribution is -2.65. The van der Waals surface area contributed by atoms with Crippen molar-refractivity contribution in [2.75, 3.05) is 11.4 Å². The Morgan fingerprint density at radius 2 is 1.47 bits per heavy atom. The van der Waals surface area contributed by atoms with E-state index < -0.39 is 29.8 Å². The number of carbonyl (C=O) groups excluding carboxylic acids is 1. The summed E-state index contributed by atoms with van der Waals surface area (Å²) in [5.41, 5.74) is 1.87. The molecule has 1 aliphatic rings. The lowest BCUT2D eigenvalue weighted by Gasteiger charge is -2.48. The molecule has 1 saturated heterocycles. The van der Waals surface area contributed by atoms with E-state index >= 15 is 0 Å². The van der Waals surface area contributed by atoms with Crippen molar-refractivity contribution in [1.29, 1.82) is 0 Å². The van der Waals surface area contributed by atoms with Crippen LogP contribution in [0.1, 0.15) is 23.3 Å². The molecule has 1 heterocycles. The summed E-state index contributed by atoms with van der Waals surface area (Å²) >= 11 is 0. The van der Waals surface area contributed by atoms with E-state index in [9.17, 15) is 23.8 Å².